The third kappa shape index (κ3) is 4.83. The lowest BCUT2D eigenvalue weighted by Crippen LogP contribution is -2.23. The Bertz CT molecular complexity index is 952. The van der Waals surface area contributed by atoms with Gasteiger partial charge in [0.05, 0.1) is 5.25 Å². The number of hydrogen-bond acceptors (Lipinski definition) is 4. The molecule has 27 heavy (non-hydrogen) atoms. The third-order valence-corrected chi connectivity index (χ3v) is 5.35. The van der Waals surface area contributed by atoms with E-state index in [-0.39, 0.29) is 5.91 Å². The number of benzene rings is 2. The van der Waals surface area contributed by atoms with Gasteiger partial charge in [-0.25, -0.2) is 0 Å². The van der Waals surface area contributed by atoms with Crippen molar-refractivity contribution in [2.75, 3.05) is 5.32 Å². The summed E-state index contributed by atoms with van der Waals surface area (Å²) in [5.41, 5.74) is 2.69. The van der Waals surface area contributed by atoms with Crippen LogP contribution in [0.3, 0.4) is 0 Å². The topological polar surface area (TPSA) is 59.8 Å². The molecule has 0 aliphatic carbocycles. The molecule has 1 N–H and O–H groups in total. The molecule has 5 nitrogen and oxygen atoms in total. The summed E-state index contributed by atoms with van der Waals surface area (Å²) in [6, 6.07) is 13.0. The maximum Gasteiger partial charge on any atom is 0.237 e. The Morgan fingerprint density at radius 1 is 1.07 bits per heavy atom. The van der Waals surface area contributed by atoms with Crippen molar-refractivity contribution < 1.29 is 4.79 Å². The Kier molecular flexibility index (Phi) is 6.09. The van der Waals surface area contributed by atoms with Crippen LogP contribution in [0.25, 0.3) is 5.69 Å². The number of aryl methyl sites for hydroxylation is 2. The number of nitrogens with zero attached hydrogens (tertiary/aromatic N) is 3. The quantitative estimate of drug-likeness (QED) is 0.568. The van der Waals surface area contributed by atoms with Gasteiger partial charge in [0.1, 0.15) is 5.82 Å². The van der Waals surface area contributed by atoms with Gasteiger partial charge >= 0.3 is 0 Å². The standard InChI is InChI=1S/C19H18Cl2N4OS/c1-11-4-6-17(7-5-11)25-13(3)23-24-19(25)27-12(2)18(26)22-16-9-14(20)8-15(21)10-16/h4-10,12H,1-3H3,(H,22,26). The summed E-state index contributed by atoms with van der Waals surface area (Å²) in [7, 11) is 0. The average Bonchev–Trinajstić information content (AvgIpc) is 2.95. The van der Waals surface area contributed by atoms with Crippen molar-refractivity contribution in [1.29, 1.82) is 0 Å². The molecule has 3 rings (SSSR count). The largest absolute Gasteiger partial charge is 0.325 e. The highest BCUT2D eigenvalue weighted by atomic mass is 35.5. The van der Waals surface area contributed by atoms with Crippen LogP contribution < -0.4 is 5.32 Å². The van der Waals surface area contributed by atoms with E-state index in [1.165, 1.54) is 17.3 Å². The van der Waals surface area contributed by atoms with Gasteiger partial charge in [-0.2, -0.15) is 0 Å². The van der Waals surface area contributed by atoms with Crippen LogP contribution in [0.1, 0.15) is 18.3 Å². The Labute approximate surface area is 172 Å². The fourth-order valence-corrected chi connectivity index (χ4v) is 3.93. The monoisotopic (exact) mass is 420 g/mol. The Morgan fingerprint density at radius 2 is 1.70 bits per heavy atom. The van der Waals surface area contributed by atoms with E-state index in [4.69, 9.17) is 23.2 Å². The minimum absolute atomic E-state index is 0.172. The molecule has 1 heterocycles. The fraction of sp³-hybridized carbons (Fsp3) is 0.211. The Hall–Kier alpha value is -2.02. The van der Waals surface area contributed by atoms with Crippen molar-refractivity contribution in [2.45, 2.75) is 31.2 Å². The minimum atomic E-state index is -0.393. The number of anilines is 1. The molecule has 0 aliphatic heterocycles. The molecule has 1 atom stereocenters. The summed E-state index contributed by atoms with van der Waals surface area (Å²) < 4.78 is 1.93. The molecule has 1 amide bonds. The zero-order valence-electron chi connectivity index (χ0n) is 15.0. The van der Waals surface area contributed by atoms with Gasteiger partial charge in [0.2, 0.25) is 5.91 Å². The first-order chi connectivity index (χ1) is 12.8. The van der Waals surface area contributed by atoms with Crippen LogP contribution in [0.15, 0.2) is 47.6 Å². The number of amides is 1. The summed E-state index contributed by atoms with van der Waals surface area (Å²) in [5, 5.41) is 12.4. The van der Waals surface area contributed by atoms with Crippen LogP contribution in [-0.2, 0) is 4.79 Å². The lowest BCUT2D eigenvalue weighted by atomic mass is 10.2. The van der Waals surface area contributed by atoms with Crippen molar-refractivity contribution in [3.8, 4) is 5.69 Å². The lowest BCUT2D eigenvalue weighted by Gasteiger charge is -2.13. The lowest BCUT2D eigenvalue weighted by molar-refractivity contribution is -0.115. The Morgan fingerprint density at radius 3 is 2.33 bits per heavy atom. The second-order valence-corrected chi connectivity index (χ2v) is 8.29. The van der Waals surface area contributed by atoms with Crippen molar-refractivity contribution >= 4 is 46.6 Å². The van der Waals surface area contributed by atoms with Crippen LogP contribution in [0, 0.1) is 13.8 Å². The molecule has 140 valence electrons. The normalized spacial score (nSPS) is 12.0. The van der Waals surface area contributed by atoms with Crippen LogP contribution in [0.4, 0.5) is 5.69 Å². The summed E-state index contributed by atoms with van der Waals surface area (Å²) in [6.07, 6.45) is 0. The zero-order chi connectivity index (χ0) is 19.6. The van der Waals surface area contributed by atoms with Crippen LogP contribution in [0.5, 0.6) is 0 Å². The van der Waals surface area contributed by atoms with E-state index in [0.717, 1.165) is 11.5 Å². The number of rotatable bonds is 5. The highest BCUT2D eigenvalue weighted by molar-refractivity contribution is 8.00. The van der Waals surface area contributed by atoms with E-state index in [0.29, 0.717) is 20.9 Å². The molecule has 2 aromatic carbocycles. The number of aromatic nitrogens is 3. The van der Waals surface area contributed by atoms with Crippen LogP contribution >= 0.6 is 35.0 Å². The molecule has 1 unspecified atom stereocenters. The van der Waals surface area contributed by atoms with Crippen molar-refractivity contribution in [3.05, 3.63) is 63.9 Å². The molecule has 0 saturated carbocycles. The van der Waals surface area contributed by atoms with Gasteiger partial charge < -0.3 is 5.32 Å². The van der Waals surface area contributed by atoms with Gasteiger partial charge in [-0.1, -0.05) is 52.7 Å². The van der Waals surface area contributed by atoms with Gasteiger partial charge in [0, 0.05) is 21.4 Å². The van der Waals surface area contributed by atoms with Gasteiger partial charge in [0.25, 0.3) is 0 Å². The first kappa shape index (κ1) is 19.7. The van der Waals surface area contributed by atoms with E-state index >= 15 is 0 Å². The third-order valence-electron chi connectivity index (χ3n) is 3.87. The summed E-state index contributed by atoms with van der Waals surface area (Å²) in [6.45, 7) is 5.73. The van der Waals surface area contributed by atoms with E-state index < -0.39 is 5.25 Å². The summed E-state index contributed by atoms with van der Waals surface area (Å²) >= 11 is 13.3. The minimum Gasteiger partial charge on any atom is -0.325 e. The zero-order valence-corrected chi connectivity index (χ0v) is 17.4. The smallest absolute Gasteiger partial charge is 0.237 e. The molecule has 0 radical (unpaired) electrons. The van der Waals surface area contributed by atoms with E-state index in [2.05, 4.69) is 15.5 Å². The second-order valence-electron chi connectivity index (χ2n) is 6.11. The van der Waals surface area contributed by atoms with Crippen molar-refractivity contribution in [1.82, 2.24) is 14.8 Å². The molecule has 3 aromatic rings. The summed E-state index contributed by atoms with van der Waals surface area (Å²) in [5.74, 6) is 0.588. The molecular weight excluding hydrogens is 403 g/mol. The maximum absolute atomic E-state index is 12.6. The highest BCUT2D eigenvalue weighted by Crippen LogP contribution is 2.27. The SMILES string of the molecule is Cc1ccc(-n2c(C)nnc2SC(C)C(=O)Nc2cc(Cl)cc(Cl)c2)cc1. The molecule has 0 aliphatic rings. The fourth-order valence-electron chi connectivity index (χ4n) is 2.49. The number of hydrogen-bond donors (Lipinski definition) is 1. The van der Waals surface area contributed by atoms with Gasteiger partial charge in [0.15, 0.2) is 5.16 Å². The first-order valence-electron chi connectivity index (χ1n) is 8.26. The van der Waals surface area contributed by atoms with E-state index in [1.807, 2.05) is 49.6 Å². The van der Waals surface area contributed by atoms with Crippen molar-refractivity contribution in [3.63, 3.8) is 0 Å². The number of nitrogens with one attached hydrogen (secondary N) is 1. The Balaban J connectivity index is 1.77. The first-order valence-corrected chi connectivity index (χ1v) is 9.89. The molecule has 0 spiro atoms. The second kappa shape index (κ2) is 8.33. The average molecular weight is 421 g/mol. The summed E-state index contributed by atoms with van der Waals surface area (Å²) in [4.78, 5) is 12.6. The number of carbonyl (C=O) groups is 1. The molecular formula is C19H18Cl2N4OS. The highest BCUT2D eigenvalue weighted by Gasteiger charge is 2.20. The van der Waals surface area contributed by atoms with Crippen LogP contribution in [0.2, 0.25) is 10.0 Å². The van der Waals surface area contributed by atoms with Gasteiger partial charge in [-0.15, -0.1) is 10.2 Å². The number of thioether (sulfide) groups is 1. The molecule has 0 saturated heterocycles. The predicted octanol–water partition coefficient (Wildman–Crippen LogP) is 5.31. The number of carbonyl (C=O) groups excluding carboxylic acids is 1. The predicted molar refractivity (Wildman–Crippen MR) is 111 cm³/mol. The molecule has 0 fully saturated rings. The molecule has 8 heteroatoms. The molecule has 0 bridgehead atoms. The van der Waals surface area contributed by atoms with Gasteiger partial charge in [-0.05, 0) is 51.1 Å². The van der Waals surface area contributed by atoms with E-state index in [9.17, 15) is 4.79 Å². The van der Waals surface area contributed by atoms with Gasteiger partial charge in [-0.3, -0.25) is 9.36 Å². The number of halogens is 2. The maximum atomic E-state index is 12.6. The van der Waals surface area contributed by atoms with Crippen LogP contribution in [-0.4, -0.2) is 25.9 Å². The van der Waals surface area contributed by atoms with Crippen molar-refractivity contribution in [2.24, 2.45) is 0 Å². The van der Waals surface area contributed by atoms with E-state index in [1.54, 1.807) is 18.2 Å². The molecule has 1 aromatic heterocycles.